The third-order valence-corrected chi connectivity index (χ3v) is 7.67. The molecule has 206 valence electrons. The SMILES string of the molecule is COc1cc(C2/C(=C(\O)c3c(C)nc4ccccn34)C(=O)C(=O)N2c2nnc(C)s2)ccc1OCc1ccccc1. The Labute approximate surface area is 239 Å². The number of carbonyl (C=O) groups excluding carboxylic acids is 2. The van der Waals surface area contributed by atoms with Gasteiger partial charge in [-0.25, -0.2) is 4.98 Å². The smallest absolute Gasteiger partial charge is 0.301 e. The lowest BCUT2D eigenvalue weighted by Gasteiger charge is -2.23. The number of amides is 1. The zero-order valence-electron chi connectivity index (χ0n) is 22.4. The highest BCUT2D eigenvalue weighted by atomic mass is 32.1. The van der Waals surface area contributed by atoms with E-state index in [0.29, 0.717) is 45.7 Å². The molecular formula is C30H25N5O5S. The topological polar surface area (TPSA) is 119 Å². The summed E-state index contributed by atoms with van der Waals surface area (Å²) in [6, 6.07) is 19.3. The Kier molecular flexibility index (Phi) is 6.72. The molecule has 11 heteroatoms. The minimum absolute atomic E-state index is 0.0865. The molecule has 1 saturated heterocycles. The highest BCUT2D eigenvalue weighted by Gasteiger charge is 2.49. The van der Waals surface area contributed by atoms with E-state index in [0.717, 1.165) is 5.56 Å². The van der Waals surface area contributed by atoms with E-state index < -0.39 is 17.7 Å². The molecule has 3 aromatic heterocycles. The van der Waals surface area contributed by atoms with Crippen molar-refractivity contribution in [1.29, 1.82) is 0 Å². The quantitative estimate of drug-likeness (QED) is 0.166. The zero-order chi connectivity index (χ0) is 28.7. The van der Waals surface area contributed by atoms with Crippen molar-refractivity contribution >= 4 is 39.6 Å². The van der Waals surface area contributed by atoms with Crippen molar-refractivity contribution in [3.05, 3.63) is 106 Å². The van der Waals surface area contributed by atoms with E-state index >= 15 is 0 Å². The first-order valence-corrected chi connectivity index (χ1v) is 13.6. The summed E-state index contributed by atoms with van der Waals surface area (Å²) in [5.41, 5.74) is 2.85. The lowest BCUT2D eigenvalue weighted by atomic mass is 9.96. The number of hydrogen-bond donors (Lipinski definition) is 1. The van der Waals surface area contributed by atoms with Crippen LogP contribution >= 0.6 is 11.3 Å². The summed E-state index contributed by atoms with van der Waals surface area (Å²) in [5.74, 6) is -1.10. The number of rotatable bonds is 7. The monoisotopic (exact) mass is 567 g/mol. The number of ketones is 1. The van der Waals surface area contributed by atoms with Gasteiger partial charge in [0.1, 0.15) is 23.0 Å². The number of ether oxygens (including phenoxy) is 2. The normalized spacial score (nSPS) is 16.5. The summed E-state index contributed by atoms with van der Waals surface area (Å²) in [4.78, 5) is 32.9. The van der Waals surface area contributed by atoms with Gasteiger partial charge in [-0.05, 0) is 49.2 Å². The van der Waals surface area contributed by atoms with Crippen molar-refractivity contribution in [3.63, 3.8) is 0 Å². The second-order valence-electron chi connectivity index (χ2n) is 9.43. The molecule has 1 N–H and O–H groups in total. The predicted molar refractivity (Wildman–Crippen MR) is 153 cm³/mol. The molecule has 1 fully saturated rings. The van der Waals surface area contributed by atoms with Crippen molar-refractivity contribution in [3.8, 4) is 11.5 Å². The van der Waals surface area contributed by atoms with E-state index in [1.54, 1.807) is 54.8 Å². The number of methoxy groups -OCH3 is 1. The van der Waals surface area contributed by atoms with Crippen molar-refractivity contribution in [1.82, 2.24) is 19.6 Å². The number of benzene rings is 2. The number of imidazole rings is 1. The summed E-state index contributed by atoms with van der Waals surface area (Å²) < 4.78 is 13.4. The van der Waals surface area contributed by atoms with Crippen molar-refractivity contribution in [2.45, 2.75) is 26.5 Å². The number of aliphatic hydroxyl groups is 1. The Morgan fingerprint density at radius 2 is 1.78 bits per heavy atom. The highest BCUT2D eigenvalue weighted by Crippen LogP contribution is 2.45. The van der Waals surface area contributed by atoms with Gasteiger partial charge < -0.3 is 14.6 Å². The van der Waals surface area contributed by atoms with Crippen LogP contribution in [0.3, 0.4) is 0 Å². The number of aromatic nitrogens is 4. The third-order valence-electron chi connectivity index (χ3n) is 6.83. The van der Waals surface area contributed by atoms with E-state index in [2.05, 4.69) is 15.2 Å². The van der Waals surface area contributed by atoms with Crippen LogP contribution < -0.4 is 14.4 Å². The van der Waals surface area contributed by atoms with E-state index in [4.69, 9.17) is 9.47 Å². The van der Waals surface area contributed by atoms with Crippen LogP contribution in [0.25, 0.3) is 11.4 Å². The largest absolute Gasteiger partial charge is 0.505 e. The standard InChI is InChI=1S/C30H25N5O5S/c1-17-25(34-14-8-7-11-23(34)31-17)27(36)24-26(35(29(38)28(24)37)30-33-32-18(2)41-30)20-12-13-21(22(15-20)39-3)40-16-19-9-5-4-6-10-19/h4-15,26,36H,16H2,1-3H3/b27-24+. The van der Waals surface area contributed by atoms with Gasteiger partial charge in [-0.15, -0.1) is 10.2 Å². The number of aryl methyl sites for hydroxylation is 2. The van der Waals surface area contributed by atoms with Gasteiger partial charge in [0.2, 0.25) is 5.13 Å². The molecule has 0 radical (unpaired) electrons. The number of aliphatic hydroxyl groups excluding tert-OH is 1. The molecule has 0 aliphatic carbocycles. The van der Waals surface area contributed by atoms with Gasteiger partial charge in [-0.2, -0.15) is 0 Å². The van der Waals surface area contributed by atoms with Crippen LogP contribution in [0.2, 0.25) is 0 Å². The van der Waals surface area contributed by atoms with Gasteiger partial charge in [0.25, 0.3) is 5.78 Å². The first-order valence-electron chi connectivity index (χ1n) is 12.8. The number of carbonyl (C=O) groups is 2. The van der Waals surface area contributed by atoms with Gasteiger partial charge in [0.15, 0.2) is 17.3 Å². The van der Waals surface area contributed by atoms with Crippen LogP contribution in [0.1, 0.15) is 33.6 Å². The van der Waals surface area contributed by atoms with Crippen molar-refractivity contribution < 1.29 is 24.2 Å². The average Bonchev–Trinajstić information content (AvgIpc) is 3.64. The highest BCUT2D eigenvalue weighted by molar-refractivity contribution is 7.15. The fraction of sp³-hybridized carbons (Fsp3) is 0.167. The van der Waals surface area contributed by atoms with Crippen LogP contribution in [0.5, 0.6) is 11.5 Å². The molecule has 1 aliphatic heterocycles. The van der Waals surface area contributed by atoms with Crippen molar-refractivity contribution in [2.24, 2.45) is 0 Å². The maximum atomic E-state index is 13.6. The Morgan fingerprint density at radius 3 is 2.51 bits per heavy atom. The van der Waals surface area contributed by atoms with Gasteiger partial charge in [0, 0.05) is 6.20 Å². The molecule has 4 heterocycles. The number of hydrogen-bond acceptors (Lipinski definition) is 9. The molecule has 2 aromatic carbocycles. The molecule has 1 amide bonds. The summed E-state index contributed by atoms with van der Waals surface area (Å²) >= 11 is 1.18. The van der Waals surface area contributed by atoms with E-state index in [9.17, 15) is 14.7 Å². The molecule has 1 aliphatic rings. The fourth-order valence-corrected chi connectivity index (χ4v) is 5.68. The maximum absolute atomic E-state index is 13.6. The summed E-state index contributed by atoms with van der Waals surface area (Å²) in [6.07, 6.45) is 1.74. The molecule has 10 nitrogen and oxygen atoms in total. The first-order chi connectivity index (χ1) is 19.9. The zero-order valence-corrected chi connectivity index (χ0v) is 23.3. The minimum atomic E-state index is -1.01. The molecule has 0 saturated carbocycles. The van der Waals surface area contributed by atoms with Crippen LogP contribution in [0.15, 0.2) is 78.5 Å². The fourth-order valence-electron chi connectivity index (χ4n) is 4.96. The predicted octanol–water partition coefficient (Wildman–Crippen LogP) is 5.02. The van der Waals surface area contributed by atoms with Crippen LogP contribution in [-0.4, -0.2) is 43.5 Å². The number of fused-ring (bicyclic) bond motifs is 1. The molecule has 1 atom stereocenters. The van der Waals surface area contributed by atoms with Crippen molar-refractivity contribution in [2.75, 3.05) is 12.0 Å². The van der Waals surface area contributed by atoms with E-state index in [1.807, 2.05) is 36.4 Å². The number of anilines is 1. The molecule has 41 heavy (non-hydrogen) atoms. The summed E-state index contributed by atoms with van der Waals surface area (Å²) in [6.45, 7) is 3.83. The molecule has 1 unspecified atom stereocenters. The van der Waals surface area contributed by atoms with Gasteiger partial charge >= 0.3 is 5.91 Å². The van der Waals surface area contributed by atoms with Gasteiger partial charge in [0.05, 0.1) is 24.4 Å². The van der Waals surface area contributed by atoms with Gasteiger partial charge in [-0.1, -0.05) is 53.8 Å². The van der Waals surface area contributed by atoms with Crippen LogP contribution in [0, 0.1) is 13.8 Å². The Hall–Kier alpha value is -5.03. The minimum Gasteiger partial charge on any atom is -0.505 e. The maximum Gasteiger partial charge on any atom is 0.301 e. The van der Waals surface area contributed by atoms with E-state index in [-0.39, 0.29) is 16.5 Å². The lowest BCUT2D eigenvalue weighted by Crippen LogP contribution is -2.29. The van der Waals surface area contributed by atoms with Crippen LogP contribution in [-0.2, 0) is 16.2 Å². The Morgan fingerprint density at radius 1 is 1.00 bits per heavy atom. The first kappa shape index (κ1) is 26.2. The second-order valence-corrected chi connectivity index (χ2v) is 10.6. The number of Topliss-reactive ketones (excluding diaryl/α,β-unsaturated/α-hetero) is 1. The summed E-state index contributed by atoms with van der Waals surface area (Å²) in [7, 11) is 1.52. The van der Waals surface area contributed by atoms with Gasteiger partial charge in [-0.3, -0.25) is 18.9 Å². The molecule has 0 bridgehead atoms. The lowest BCUT2D eigenvalue weighted by molar-refractivity contribution is -0.132. The summed E-state index contributed by atoms with van der Waals surface area (Å²) in [5, 5.41) is 20.8. The Bertz CT molecular complexity index is 1830. The van der Waals surface area contributed by atoms with E-state index in [1.165, 1.54) is 23.3 Å². The molecule has 6 rings (SSSR count). The molecule has 0 spiro atoms. The number of pyridine rings is 1. The Balaban J connectivity index is 1.50. The second kappa shape index (κ2) is 10.5. The average molecular weight is 568 g/mol. The van der Waals surface area contributed by atoms with Crippen LogP contribution in [0.4, 0.5) is 5.13 Å². The third kappa shape index (κ3) is 4.59. The molecular weight excluding hydrogens is 542 g/mol. The molecule has 5 aromatic rings. The number of nitrogens with zero attached hydrogens (tertiary/aromatic N) is 5.